The highest BCUT2D eigenvalue weighted by atomic mass is 19.1. The van der Waals surface area contributed by atoms with Crippen molar-refractivity contribution in [3.63, 3.8) is 0 Å². The Bertz CT molecular complexity index is 1040. The Balaban J connectivity index is 1.51. The maximum atomic E-state index is 13.0. The van der Waals surface area contributed by atoms with E-state index in [1.807, 2.05) is 0 Å². The van der Waals surface area contributed by atoms with Crippen LogP contribution in [0.1, 0.15) is 27.1 Å². The van der Waals surface area contributed by atoms with Crippen LogP contribution in [0, 0.1) is 11.6 Å². The number of nitrogens with one attached hydrogen (secondary N) is 1. The van der Waals surface area contributed by atoms with Crippen molar-refractivity contribution >= 4 is 17.5 Å². The number of halogens is 2. The van der Waals surface area contributed by atoms with Gasteiger partial charge in [0.15, 0.2) is 0 Å². The Morgan fingerprint density at radius 3 is 2.23 bits per heavy atom. The van der Waals surface area contributed by atoms with Crippen molar-refractivity contribution in [2.45, 2.75) is 6.42 Å². The van der Waals surface area contributed by atoms with Crippen molar-refractivity contribution in [1.29, 1.82) is 0 Å². The molecule has 0 unspecified atom stereocenters. The molecule has 0 aliphatic carbocycles. The molecule has 7 heteroatoms. The SMILES string of the molecule is CN(CCCOc1ccc(F)cc1)C(=O)c1cccc(NC(=O)c2ccc(F)cc2)c1. The van der Waals surface area contributed by atoms with Crippen LogP contribution < -0.4 is 10.1 Å². The predicted octanol–water partition coefficient (Wildman–Crippen LogP) is 4.76. The molecule has 160 valence electrons. The summed E-state index contributed by atoms with van der Waals surface area (Å²) >= 11 is 0. The van der Waals surface area contributed by atoms with E-state index < -0.39 is 11.7 Å². The summed E-state index contributed by atoms with van der Waals surface area (Å²) in [5.74, 6) is -0.764. The molecule has 5 nitrogen and oxygen atoms in total. The molecule has 0 aliphatic heterocycles. The van der Waals surface area contributed by atoms with Gasteiger partial charge in [0.05, 0.1) is 6.61 Å². The molecule has 2 amide bonds. The lowest BCUT2D eigenvalue weighted by molar-refractivity contribution is 0.0787. The van der Waals surface area contributed by atoms with E-state index in [9.17, 15) is 18.4 Å². The summed E-state index contributed by atoms with van der Waals surface area (Å²) in [6.07, 6.45) is 0.598. The summed E-state index contributed by atoms with van der Waals surface area (Å²) < 4.78 is 31.4. The zero-order valence-electron chi connectivity index (χ0n) is 17.0. The van der Waals surface area contributed by atoms with E-state index in [1.165, 1.54) is 36.4 Å². The van der Waals surface area contributed by atoms with Crippen LogP contribution in [-0.4, -0.2) is 36.9 Å². The molecular formula is C24H22F2N2O3. The van der Waals surface area contributed by atoms with E-state index in [4.69, 9.17) is 4.74 Å². The molecule has 3 rings (SSSR count). The zero-order valence-corrected chi connectivity index (χ0v) is 17.0. The monoisotopic (exact) mass is 424 g/mol. The van der Waals surface area contributed by atoms with Gasteiger partial charge >= 0.3 is 0 Å². The summed E-state index contributed by atoms with van der Waals surface area (Å²) in [5, 5.41) is 2.71. The third-order valence-electron chi connectivity index (χ3n) is 4.54. The van der Waals surface area contributed by atoms with Gasteiger partial charge in [0.2, 0.25) is 0 Å². The number of nitrogens with zero attached hydrogens (tertiary/aromatic N) is 1. The molecule has 0 heterocycles. The Morgan fingerprint density at radius 2 is 1.55 bits per heavy atom. The summed E-state index contributed by atoms with van der Waals surface area (Å²) in [4.78, 5) is 26.5. The first-order valence-electron chi connectivity index (χ1n) is 9.73. The fourth-order valence-corrected chi connectivity index (χ4v) is 2.88. The van der Waals surface area contributed by atoms with Crippen molar-refractivity contribution in [2.24, 2.45) is 0 Å². The van der Waals surface area contributed by atoms with Gasteiger partial charge in [-0.25, -0.2) is 8.78 Å². The quantitative estimate of drug-likeness (QED) is 0.531. The van der Waals surface area contributed by atoms with Crippen molar-refractivity contribution in [2.75, 3.05) is 25.5 Å². The van der Waals surface area contributed by atoms with Gasteiger partial charge in [-0.05, 0) is 73.2 Å². The lowest BCUT2D eigenvalue weighted by Crippen LogP contribution is -2.28. The second kappa shape index (κ2) is 10.3. The minimum atomic E-state index is -0.421. The van der Waals surface area contributed by atoms with Gasteiger partial charge in [0, 0.05) is 30.4 Å². The third-order valence-corrected chi connectivity index (χ3v) is 4.54. The normalized spacial score (nSPS) is 10.4. The Kier molecular flexibility index (Phi) is 7.32. The number of amides is 2. The molecule has 3 aromatic carbocycles. The van der Waals surface area contributed by atoms with Crippen LogP contribution in [0.15, 0.2) is 72.8 Å². The summed E-state index contributed by atoms with van der Waals surface area (Å²) in [6, 6.07) is 17.6. The standard InChI is InChI=1S/C24H22F2N2O3/c1-28(14-3-15-31-22-12-10-20(26)11-13-22)24(30)18-4-2-5-21(16-18)27-23(29)17-6-8-19(25)9-7-17/h2,4-13,16H,3,14-15H2,1H3,(H,27,29). The molecule has 0 aromatic heterocycles. The summed E-state index contributed by atoms with van der Waals surface area (Å²) in [7, 11) is 1.68. The molecule has 0 bridgehead atoms. The molecule has 0 radical (unpaired) electrons. The summed E-state index contributed by atoms with van der Waals surface area (Å²) in [6.45, 7) is 0.850. The molecule has 0 aliphatic rings. The topological polar surface area (TPSA) is 58.6 Å². The minimum Gasteiger partial charge on any atom is -0.494 e. The smallest absolute Gasteiger partial charge is 0.255 e. The zero-order chi connectivity index (χ0) is 22.2. The van der Waals surface area contributed by atoms with Gasteiger partial charge in [0.1, 0.15) is 17.4 Å². The highest BCUT2D eigenvalue weighted by Crippen LogP contribution is 2.15. The molecule has 0 atom stereocenters. The van der Waals surface area contributed by atoms with E-state index in [0.717, 1.165) is 0 Å². The van der Waals surface area contributed by atoms with E-state index >= 15 is 0 Å². The van der Waals surface area contributed by atoms with Crippen molar-refractivity contribution in [3.8, 4) is 5.75 Å². The number of carbonyl (C=O) groups is 2. The maximum absolute atomic E-state index is 13.0. The molecule has 31 heavy (non-hydrogen) atoms. The molecule has 0 fully saturated rings. The van der Waals surface area contributed by atoms with E-state index in [0.29, 0.717) is 42.1 Å². The van der Waals surface area contributed by atoms with Gasteiger partial charge in [-0.2, -0.15) is 0 Å². The molecule has 0 spiro atoms. The molecule has 1 N–H and O–H groups in total. The second-order valence-electron chi connectivity index (χ2n) is 6.92. The first-order valence-corrected chi connectivity index (χ1v) is 9.73. The van der Waals surface area contributed by atoms with Crippen LogP contribution >= 0.6 is 0 Å². The second-order valence-corrected chi connectivity index (χ2v) is 6.92. The minimum absolute atomic E-state index is 0.195. The number of anilines is 1. The molecule has 0 saturated carbocycles. The van der Waals surface area contributed by atoms with Gasteiger partial charge in [-0.1, -0.05) is 6.07 Å². The molecular weight excluding hydrogens is 402 g/mol. The molecule has 0 saturated heterocycles. The first-order chi connectivity index (χ1) is 14.9. The van der Waals surface area contributed by atoms with Crippen molar-refractivity contribution in [3.05, 3.63) is 95.6 Å². The fourth-order valence-electron chi connectivity index (χ4n) is 2.88. The Labute approximate surface area is 179 Å². The van der Waals surface area contributed by atoms with Crippen molar-refractivity contribution in [1.82, 2.24) is 4.90 Å². The third kappa shape index (κ3) is 6.37. The highest BCUT2D eigenvalue weighted by molar-refractivity contribution is 6.05. The van der Waals surface area contributed by atoms with E-state index in [2.05, 4.69) is 5.32 Å². The number of hydrogen-bond acceptors (Lipinski definition) is 3. The van der Waals surface area contributed by atoms with Crippen LogP contribution in [0.3, 0.4) is 0 Å². The number of benzene rings is 3. The highest BCUT2D eigenvalue weighted by Gasteiger charge is 2.13. The van der Waals surface area contributed by atoms with E-state index in [1.54, 1.807) is 48.3 Å². The average Bonchev–Trinajstić information content (AvgIpc) is 2.78. The van der Waals surface area contributed by atoms with Crippen molar-refractivity contribution < 1.29 is 23.1 Å². The van der Waals surface area contributed by atoms with Gasteiger partial charge in [0.25, 0.3) is 11.8 Å². The largest absolute Gasteiger partial charge is 0.494 e. The Morgan fingerprint density at radius 1 is 0.903 bits per heavy atom. The van der Waals surface area contributed by atoms with Crippen LogP contribution in [0.4, 0.5) is 14.5 Å². The molecule has 3 aromatic rings. The van der Waals surface area contributed by atoms with Crippen LogP contribution in [0.25, 0.3) is 0 Å². The lowest BCUT2D eigenvalue weighted by atomic mass is 10.1. The number of rotatable bonds is 8. The maximum Gasteiger partial charge on any atom is 0.255 e. The number of hydrogen-bond donors (Lipinski definition) is 1. The number of ether oxygens (including phenoxy) is 1. The Hall–Kier alpha value is -3.74. The van der Waals surface area contributed by atoms with Crippen LogP contribution in [-0.2, 0) is 0 Å². The van der Waals surface area contributed by atoms with Gasteiger partial charge in [-0.3, -0.25) is 9.59 Å². The average molecular weight is 424 g/mol. The van der Waals surface area contributed by atoms with Crippen LogP contribution in [0.2, 0.25) is 0 Å². The number of carbonyl (C=O) groups excluding carboxylic acids is 2. The first kappa shape index (κ1) is 22.0. The summed E-state index contributed by atoms with van der Waals surface area (Å²) in [5.41, 5.74) is 1.21. The van der Waals surface area contributed by atoms with Gasteiger partial charge < -0.3 is 15.0 Å². The van der Waals surface area contributed by atoms with Gasteiger partial charge in [-0.15, -0.1) is 0 Å². The lowest BCUT2D eigenvalue weighted by Gasteiger charge is -2.18. The fraction of sp³-hybridized carbons (Fsp3) is 0.167. The van der Waals surface area contributed by atoms with E-state index in [-0.39, 0.29) is 11.7 Å². The van der Waals surface area contributed by atoms with Crippen LogP contribution in [0.5, 0.6) is 5.75 Å². The predicted molar refractivity (Wildman–Crippen MR) is 114 cm³/mol.